The van der Waals surface area contributed by atoms with Crippen LogP contribution in [0.25, 0.3) is 11.4 Å². The zero-order chi connectivity index (χ0) is 24.2. The summed E-state index contributed by atoms with van der Waals surface area (Å²) in [7, 11) is 1.59. The Hall–Kier alpha value is -3.95. The number of anilines is 2. The van der Waals surface area contributed by atoms with Crippen molar-refractivity contribution in [2.75, 3.05) is 50.2 Å². The van der Waals surface area contributed by atoms with Crippen LogP contribution in [0.5, 0.6) is 23.0 Å². The van der Waals surface area contributed by atoms with Crippen LogP contribution >= 0.6 is 0 Å². The van der Waals surface area contributed by atoms with E-state index in [0.29, 0.717) is 86.3 Å². The number of ether oxygens (including phenoxy) is 4. The van der Waals surface area contributed by atoms with Crippen LogP contribution in [0.15, 0.2) is 40.9 Å². The number of carbonyl (C=O) groups excluding carboxylic acids is 1. The first-order valence-corrected chi connectivity index (χ1v) is 11.7. The van der Waals surface area contributed by atoms with Gasteiger partial charge in [0, 0.05) is 36.3 Å². The second kappa shape index (κ2) is 10.1. The molecule has 1 aromatic heterocycles. The number of methoxy groups -OCH3 is 1. The molecule has 0 saturated carbocycles. The molecule has 1 amide bonds. The van der Waals surface area contributed by atoms with Crippen molar-refractivity contribution in [3.05, 3.63) is 36.4 Å². The van der Waals surface area contributed by atoms with E-state index >= 15 is 0 Å². The number of amides is 1. The Labute approximate surface area is 203 Å². The minimum Gasteiger partial charge on any atom is -0.493 e. The first-order valence-electron chi connectivity index (χ1n) is 11.7. The van der Waals surface area contributed by atoms with Gasteiger partial charge in [0.2, 0.25) is 11.7 Å². The van der Waals surface area contributed by atoms with Crippen LogP contribution in [-0.4, -0.2) is 56.1 Å². The van der Waals surface area contributed by atoms with Crippen LogP contribution in [0.1, 0.15) is 19.8 Å². The number of aromatic nitrogens is 2. The van der Waals surface area contributed by atoms with Gasteiger partial charge >= 0.3 is 6.01 Å². The molecule has 2 aliphatic rings. The normalized spacial score (nSPS) is 15.5. The fraction of sp³-hybridized carbons (Fsp3) is 0.400. The molecule has 184 valence electrons. The topological polar surface area (TPSA) is 108 Å². The Balaban J connectivity index is 1.18. The number of nitrogens with one attached hydrogen (secondary N) is 1. The number of nitrogens with zero attached hydrogens (tertiary/aromatic N) is 3. The maximum atomic E-state index is 12.8. The van der Waals surface area contributed by atoms with Crippen molar-refractivity contribution in [2.45, 2.75) is 19.8 Å². The Morgan fingerprint density at radius 2 is 1.89 bits per heavy atom. The van der Waals surface area contributed by atoms with Crippen molar-refractivity contribution in [3.63, 3.8) is 0 Å². The molecule has 10 heteroatoms. The summed E-state index contributed by atoms with van der Waals surface area (Å²) in [6.45, 7) is 4.80. The molecule has 35 heavy (non-hydrogen) atoms. The molecule has 1 fully saturated rings. The number of fused-ring (bicyclic) bond motifs is 1. The number of piperidine rings is 1. The van der Waals surface area contributed by atoms with Gasteiger partial charge in [-0.15, -0.1) is 0 Å². The summed E-state index contributed by atoms with van der Waals surface area (Å²) in [6, 6.07) is 11.4. The maximum Gasteiger partial charge on any atom is 0.324 e. The molecule has 0 atom stereocenters. The van der Waals surface area contributed by atoms with Gasteiger partial charge in [-0.25, -0.2) is 0 Å². The van der Waals surface area contributed by atoms with Gasteiger partial charge in [0.15, 0.2) is 23.0 Å². The zero-order valence-corrected chi connectivity index (χ0v) is 19.8. The second-order valence-electron chi connectivity index (χ2n) is 8.31. The molecular formula is C25H28N4O6. The van der Waals surface area contributed by atoms with Gasteiger partial charge < -0.3 is 33.7 Å². The Kier molecular flexibility index (Phi) is 6.60. The minimum atomic E-state index is -0.0998. The van der Waals surface area contributed by atoms with Crippen LogP contribution in [0.2, 0.25) is 0 Å². The standard InChI is InChI=1S/C25H28N4O6/c1-3-32-19-6-4-17(14-21(19)31-2)23-27-25(35-28-23)29-10-8-16(9-11-29)24(30)26-18-5-7-20-22(15-18)34-13-12-33-20/h4-7,14-16H,3,8-13H2,1-2H3,(H,26,30). The molecule has 2 aliphatic heterocycles. The van der Waals surface area contributed by atoms with Gasteiger partial charge in [-0.05, 0) is 50.1 Å². The van der Waals surface area contributed by atoms with E-state index in [9.17, 15) is 4.79 Å². The van der Waals surface area contributed by atoms with Crippen molar-refractivity contribution < 1.29 is 28.3 Å². The number of hydrogen-bond acceptors (Lipinski definition) is 9. The molecule has 3 aromatic rings. The molecule has 0 bridgehead atoms. The third-order valence-corrected chi connectivity index (χ3v) is 6.08. The van der Waals surface area contributed by atoms with E-state index in [0.717, 1.165) is 5.56 Å². The predicted molar refractivity (Wildman–Crippen MR) is 128 cm³/mol. The highest BCUT2D eigenvalue weighted by Crippen LogP contribution is 2.34. The molecule has 0 aliphatic carbocycles. The first kappa shape index (κ1) is 22.8. The molecule has 2 aromatic carbocycles. The fourth-order valence-electron chi connectivity index (χ4n) is 4.24. The Morgan fingerprint density at radius 3 is 2.66 bits per heavy atom. The van der Waals surface area contributed by atoms with E-state index in [1.807, 2.05) is 42.2 Å². The van der Waals surface area contributed by atoms with Crippen LogP contribution in [0.4, 0.5) is 11.7 Å². The molecule has 5 rings (SSSR count). The largest absolute Gasteiger partial charge is 0.493 e. The Morgan fingerprint density at radius 1 is 1.09 bits per heavy atom. The molecule has 0 spiro atoms. The summed E-state index contributed by atoms with van der Waals surface area (Å²) in [5.74, 6) is 3.00. The number of benzene rings is 2. The van der Waals surface area contributed by atoms with Gasteiger partial charge in [0.1, 0.15) is 13.2 Å². The third-order valence-electron chi connectivity index (χ3n) is 6.08. The third kappa shape index (κ3) is 4.96. The van der Waals surface area contributed by atoms with Gasteiger partial charge in [0.05, 0.1) is 13.7 Å². The lowest BCUT2D eigenvalue weighted by Gasteiger charge is -2.29. The first-order chi connectivity index (χ1) is 17.1. The summed E-state index contributed by atoms with van der Waals surface area (Å²) in [4.78, 5) is 19.4. The van der Waals surface area contributed by atoms with Crippen molar-refractivity contribution in [1.82, 2.24) is 10.1 Å². The number of hydrogen-bond donors (Lipinski definition) is 1. The van der Waals surface area contributed by atoms with Gasteiger partial charge in [-0.2, -0.15) is 4.98 Å². The van der Waals surface area contributed by atoms with Gasteiger partial charge in [0.25, 0.3) is 0 Å². The van der Waals surface area contributed by atoms with E-state index in [-0.39, 0.29) is 11.8 Å². The SMILES string of the molecule is CCOc1ccc(-c2noc(N3CCC(C(=O)Nc4ccc5c(c4)OCCO5)CC3)n2)cc1OC. The molecule has 10 nitrogen and oxygen atoms in total. The van der Waals surface area contributed by atoms with Crippen molar-refractivity contribution >= 4 is 17.6 Å². The lowest BCUT2D eigenvalue weighted by molar-refractivity contribution is -0.120. The lowest BCUT2D eigenvalue weighted by Crippen LogP contribution is -2.38. The van der Waals surface area contributed by atoms with E-state index < -0.39 is 0 Å². The average molecular weight is 481 g/mol. The van der Waals surface area contributed by atoms with Crippen molar-refractivity contribution in [2.24, 2.45) is 5.92 Å². The van der Waals surface area contributed by atoms with E-state index in [2.05, 4.69) is 15.5 Å². The summed E-state index contributed by atoms with van der Waals surface area (Å²) in [6.07, 6.45) is 1.37. The predicted octanol–water partition coefficient (Wildman–Crippen LogP) is 3.77. The molecule has 0 radical (unpaired) electrons. The van der Waals surface area contributed by atoms with Crippen molar-refractivity contribution in [3.8, 4) is 34.4 Å². The highest BCUT2D eigenvalue weighted by atomic mass is 16.6. The molecule has 1 saturated heterocycles. The molecule has 0 unspecified atom stereocenters. The van der Waals surface area contributed by atoms with Crippen molar-refractivity contribution in [1.29, 1.82) is 0 Å². The summed E-state index contributed by atoms with van der Waals surface area (Å²) in [5.41, 5.74) is 1.48. The summed E-state index contributed by atoms with van der Waals surface area (Å²) in [5, 5.41) is 7.13. The highest BCUT2D eigenvalue weighted by molar-refractivity contribution is 5.93. The molecule has 3 heterocycles. The average Bonchev–Trinajstić information content (AvgIpc) is 3.39. The van der Waals surface area contributed by atoms with Crippen LogP contribution in [0, 0.1) is 5.92 Å². The van der Waals surface area contributed by atoms with Crippen LogP contribution in [-0.2, 0) is 4.79 Å². The van der Waals surface area contributed by atoms with E-state index in [4.69, 9.17) is 23.5 Å². The quantitative estimate of drug-likeness (QED) is 0.540. The zero-order valence-electron chi connectivity index (χ0n) is 19.8. The van der Waals surface area contributed by atoms with Gasteiger partial charge in [-0.1, -0.05) is 5.16 Å². The van der Waals surface area contributed by atoms with Crippen LogP contribution in [0.3, 0.4) is 0 Å². The smallest absolute Gasteiger partial charge is 0.324 e. The number of rotatable bonds is 7. The van der Waals surface area contributed by atoms with E-state index in [1.165, 1.54) is 0 Å². The monoisotopic (exact) mass is 480 g/mol. The van der Waals surface area contributed by atoms with Crippen LogP contribution < -0.4 is 29.2 Å². The van der Waals surface area contributed by atoms with E-state index in [1.54, 1.807) is 13.2 Å². The highest BCUT2D eigenvalue weighted by Gasteiger charge is 2.28. The minimum absolute atomic E-state index is 0.00553. The summed E-state index contributed by atoms with van der Waals surface area (Å²) >= 11 is 0. The Bertz CT molecular complexity index is 1190. The molecule has 1 N–H and O–H groups in total. The second-order valence-corrected chi connectivity index (χ2v) is 8.31. The number of carbonyl (C=O) groups is 1. The van der Waals surface area contributed by atoms with Gasteiger partial charge in [-0.3, -0.25) is 4.79 Å². The molecular weight excluding hydrogens is 452 g/mol. The maximum absolute atomic E-state index is 12.8. The fourth-order valence-corrected chi connectivity index (χ4v) is 4.24. The summed E-state index contributed by atoms with van der Waals surface area (Å²) < 4.78 is 27.6. The lowest BCUT2D eigenvalue weighted by atomic mass is 9.96.